The number of benzene rings is 2. The van der Waals surface area contributed by atoms with E-state index in [9.17, 15) is 9.59 Å². The second kappa shape index (κ2) is 10.8. The Hall–Kier alpha value is -3.23. The highest BCUT2D eigenvalue weighted by molar-refractivity contribution is 8.26. The van der Waals surface area contributed by atoms with Gasteiger partial charge in [-0.05, 0) is 43.5 Å². The Balaban J connectivity index is 1.44. The van der Waals surface area contributed by atoms with Gasteiger partial charge in [0.05, 0.1) is 29.5 Å². The summed E-state index contributed by atoms with van der Waals surface area (Å²) in [5, 5.41) is 1.01. The predicted octanol–water partition coefficient (Wildman–Crippen LogP) is 5.42. The lowest BCUT2D eigenvalue weighted by atomic mass is 9.96. The van der Waals surface area contributed by atoms with Gasteiger partial charge in [0.25, 0.3) is 5.91 Å². The average Bonchev–Trinajstić information content (AvgIpc) is 3.16. The summed E-state index contributed by atoms with van der Waals surface area (Å²) in [4.78, 5) is 35.0. The largest absolute Gasteiger partial charge is 0.466 e. The third-order valence-corrected chi connectivity index (χ3v) is 7.87. The van der Waals surface area contributed by atoms with Crippen molar-refractivity contribution >= 4 is 63.0 Å². The number of pyridine rings is 1. The van der Waals surface area contributed by atoms with Gasteiger partial charge in [0.2, 0.25) is 0 Å². The number of hydrogen-bond donors (Lipinski definition) is 0. The zero-order valence-corrected chi connectivity index (χ0v) is 21.7. The summed E-state index contributed by atoms with van der Waals surface area (Å²) in [5.74, 6) is 0.531. The maximum Gasteiger partial charge on any atom is 0.309 e. The molecule has 2 saturated heterocycles. The molecule has 1 amide bonds. The number of nitrogens with zero attached hydrogens (tertiary/aromatic N) is 3. The molecule has 0 bridgehead atoms. The molecule has 3 heterocycles. The van der Waals surface area contributed by atoms with E-state index in [4.69, 9.17) is 21.9 Å². The highest BCUT2D eigenvalue weighted by Crippen LogP contribution is 2.36. The van der Waals surface area contributed by atoms with Crippen molar-refractivity contribution in [2.45, 2.75) is 26.3 Å². The number of piperidine rings is 1. The third-order valence-electron chi connectivity index (χ3n) is 6.49. The van der Waals surface area contributed by atoms with E-state index in [1.165, 1.54) is 11.8 Å². The Morgan fingerprint density at radius 2 is 1.86 bits per heavy atom. The summed E-state index contributed by atoms with van der Waals surface area (Å²) in [6.07, 6.45) is 3.34. The molecular weight excluding hydrogens is 490 g/mol. The van der Waals surface area contributed by atoms with Crippen LogP contribution < -0.4 is 4.90 Å². The second-order valence-corrected chi connectivity index (χ2v) is 10.5. The van der Waals surface area contributed by atoms with Crippen molar-refractivity contribution in [2.24, 2.45) is 5.92 Å². The number of esters is 1. The molecule has 1 aromatic heterocycles. The number of amides is 1. The first-order valence-corrected chi connectivity index (χ1v) is 13.4. The number of anilines is 1. The Morgan fingerprint density at radius 3 is 2.61 bits per heavy atom. The van der Waals surface area contributed by atoms with Gasteiger partial charge in [-0.2, -0.15) is 0 Å². The first-order chi connectivity index (χ1) is 17.5. The van der Waals surface area contributed by atoms with Crippen LogP contribution in [0.5, 0.6) is 0 Å². The molecule has 8 heteroatoms. The van der Waals surface area contributed by atoms with Crippen LogP contribution in [-0.4, -0.2) is 45.8 Å². The SMILES string of the molecule is CCOC(=O)C1CCN(c2nc3ccccc3cc2/C=C2\SC(=S)N(Cc3ccccc3)C2=O)CC1. The van der Waals surface area contributed by atoms with Gasteiger partial charge in [-0.1, -0.05) is 72.5 Å². The zero-order valence-electron chi connectivity index (χ0n) is 20.1. The minimum atomic E-state index is -0.120. The van der Waals surface area contributed by atoms with Crippen LogP contribution in [0.3, 0.4) is 0 Å². The smallest absolute Gasteiger partial charge is 0.309 e. The third kappa shape index (κ3) is 5.15. The monoisotopic (exact) mass is 517 g/mol. The van der Waals surface area contributed by atoms with E-state index in [2.05, 4.69) is 11.0 Å². The number of hydrogen-bond acceptors (Lipinski definition) is 7. The second-order valence-electron chi connectivity index (χ2n) is 8.86. The Labute approximate surface area is 220 Å². The molecule has 0 N–H and O–H groups in total. The zero-order chi connectivity index (χ0) is 25.1. The molecule has 0 unspecified atom stereocenters. The van der Waals surface area contributed by atoms with Crippen LogP contribution in [0, 0.1) is 5.92 Å². The summed E-state index contributed by atoms with van der Waals surface area (Å²) >= 11 is 6.89. The highest BCUT2D eigenvalue weighted by atomic mass is 32.2. The molecule has 0 radical (unpaired) electrons. The van der Waals surface area contributed by atoms with Crippen LogP contribution in [0.4, 0.5) is 5.82 Å². The number of fused-ring (bicyclic) bond motifs is 1. The fourth-order valence-corrected chi connectivity index (χ4v) is 5.86. The quantitative estimate of drug-likeness (QED) is 0.246. The van der Waals surface area contributed by atoms with Crippen LogP contribution >= 0.6 is 24.0 Å². The normalized spacial score (nSPS) is 17.9. The number of thiocarbonyl (C=S) groups is 1. The lowest BCUT2D eigenvalue weighted by molar-refractivity contribution is -0.148. The minimum Gasteiger partial charge on any atom is -0.466 e. The van der Waals surface area contributed by atoms with Crippen molar-refractivity contribution in [3.05, 3.63) is 76.7 Å². The number of carbonyl (C=O) groups excluding carboxylic acids is 2. The summed E-state index contributed by atoms with van der Waals surface area (Å²) in [5.41, 5.74) is 2.81. The molecule has 3 aromatic rings. The van der Waals surface area contributed by atoms with Gasteiger partial charge in [-0.3, -0.25) is 14.5 Å². The fourth-order valence-electron chi connectivity index (χ4n) is 4.61. The van der Waals surface area contributed by atoms with Crippen molar-refractivity contribution in [3.8, 4) is 0 Å². The van der Waals surface area contributed by atoms with E-state index in [0.717, 1.165) is 27.8 Å². The van der Waals surface area contributed by atoms with Gasteiger partial charge in [-0.15, -0.1) is 0 Å². The average molecular weight is 518 g/mol. The highest BCUT2D eigenvalue weighted by Gasteiger charge is 2.33. The topological polar surface area (TPSA) is 62.7 Å². The number of para-hydroxylation sites is 1. The summed E-state index contributed by atoms with van der Waals surface area (Å²) < 4.78 is 5.78. The van der Waals surface area contributed by atoms with Crippen LogP contribution in [-0.2, 0) is 20.9 Å². The van der Waals surface area contributed by atoms with Gasteiger partial charge in [0.15, 0.2) is 0 Å². The molecule has 2 aliphatic heterocycles. The van der Waals surface area contributed by atoms with E-state index in [1.54, 1.807) is 4.90 Å². The molecule has 2 aromatic carbocycles. The van der Waals surface area contributed by atoms with Crippen LogP contribution in [0.25, 0.3) is 17.0 Å². The lowest BCUT2D eigenvalue weighted by Crippen LogP contribution is -2.37. The van der Waals surface area contributed by atoms with Crippen molar-refractivity contribution in [3.63, 3.8) is 0 Å². The van der Waals surface area contributed by atoms with Gasteiger partial charge in [0.1, 0.15) is 10.1 Å². The molecule has 2 aliphatic rings. The molecule has 0 spiro atoms. The first kappa shape index (κ1) is 24.5. The predicted molar refractivity (Wildman–Crippen MR) is 148 cm³/mol. The number of ether oxygens (including phenoxy) is 1. The summed E-state index contributed by atoms with van der Waals surface area (Å²) in [6.45, 7) is 4.08. The van der Waals surface area contributed by atoms with Crippen molar-refractivity contribution in [1.29, 1.82) is 0 Å². The number of carbonyl (C=O) groups is 2. The van der Waals surface area contributed by atoms with E-state index < -0.39 is 0 Å². The van der Waals surface area contributed by atoms with E-state index in [1.807, 2.05) is 67.6 Å². The molecule has 184 valence electrons. The Morgan fingerprint density at radius 1 is 1.14 bits per heavy atom. The van der Waals surface area contributed by atoms with Crippen LogP contribution in [0.1, 0.15) is 30.9 Å². The maximum absolute atomic E-state index is 13.3. The van der Waals surface area contributed by atoms with Crippen molar-refractivity contribution in [2.75, 3.05) is 24.6 Å². The van der Waals surface area contributed by atoms with Gasteiger partial charge >= 0.3 is 5.97 Å². The number of thioether (sulfide) groups is 1. The number of rotatable bonds is 6. The molecule has 5 rings (SSSR count). The van der Waals surface area contributed by atoms with E-state index in [-0.39, 0.29) is 17.8 Å². The molecule has 6 nitrogen and oxygen atoms in total. The minimum absolute atomic E-state index is 0.0839. The molecule has 0 saturated carbocycles. The summed E-state index contributed by atoms with van der Waals surface area (Å²) in [6, 6.07) is 19.9. The Kier molecular flexibility index (Phi) is 7.34. The van der Waals surface area contributed by atoms with Crippen molar-refractivity contribution in [1.82, 2.24) is 9.88 Å². The van der Waals surface area contributed by atoms with Gasteiger partial charge in [0, 0.05) is 24.0 Å². The van der Waals surface area contributed by atoms with Crippen LogP contribution in [0.2, 0.25) is 0 Å². The van der Waals surface area contributed by atoms with Gasteiger partial charge in [-0.25, -0.2) is 4.98 Å². The molecular formula is C28H27N3O3S2. The van der Waals surface area contributed by atoms with Crippen molar-refractivity contribution < 1.29 is 14.3 Å². The standard InChI is InChI=1S/C28H27N3O3S2/c1-2-34-27(33)20-12-14-30(15-13-20)25-22(16-21-10-6-7-11-23(21)29-25)17-24-26(32)31(28(35)36-24)18-19-8-4-3-5-9-19/h3-11,16-17,20H,2,12-15,18H2,1H3/b24-17-. The maximum atomic E-state index is 13.3. The van der Waals surface area contributed by atoms with Crippen LogP contribution in [0.15, 0.2) is 65.6 Å². The molecule has 0 atom stereocenters. The fraction of sp³-hybridized carbons (Fsp3) is 0.286. The van der Waals surface area contributed by atoms with E-state index >= 15 is 0 Å². The summed E-state index contributed by atoms with van der Waals surface area (Å²) in [7, 11) is 0. The first-order valence-electron chi connectivity index (χ1n) is 12.1. The van der Waals surface area contributed by atoms with E-state index in [0.29, 0.717) is 48.3 Å². The molecule has 0 aliphatic carbocycles. The number of aromatic nitrogens is 1. The lowest BCUT2D eigenvalue weighted by Gasteiger charge is -2.32. The van der Waals surface area contributed by atoms with Gasteiger partial charge < -0.3 is 9.64 Å². The molecule has 36 heavy (non-hydrogen) atoms. The molecule has 2 fully saturated rings. The Bertz CT molecular complexity index is 1330.